The number of hydrogen-bond acceptors (Lipinski definition) is 1. The number of nitrogens with zero attached hydrogens (tertiary/aromatic N) is 1. The molecule has 0 aliphatic heterocycles. The molecule has 0 unspecified atom stereocenters. The van der Waals surface area contributed by atoms with Gasteiger partial charge in [-0.05, 0) is 56.2 Å². The summed E-state index contributed by atoms with van der Waals surface area (Å²) in [5, 5.41) is 0. The Hall–Kier alpha value is -2.46. The topological polar surface area (TPSA) is 3.24 Å². The van der Waals surface area contributed by atoms with Gasteiger partial charge in [0.1, 0.15) is 0 Å². The van der Waals surface area contributed by atoms with Gasteiger partial charge in [0.05, 0.1) is 0 Å². The van der Waals surface area contributed by atoms with Crippen LogP contribution in [0.1, 0.15) is 37.5 Å². The fourth-order valence-electron chi connectivity index (χ4n) is 2.40. The van der Waals surface area contributed by atoms with Gasteiger partial charge in [-0.15, -0.1) is 5.92 Å². The molecule has 0 bridgehead atoms. The Morgan fingerprint density at radius 2 is 1.32 bits per heavy atom. The zero-order chi connectivity index (χ0) is 15.8. The molecule has 2 rings (SSSR count). The van der Waals surface area contributed by atoms with Crippen molar-refractivity contribution in [2.75, 3.05) is 18.0 Å². The lowest BCUT2D eigenvalue weighted by atomic mass is 10.1. The van der Waals surface area contributed by atoms with Gasteiger partial charge in [0.15, 0.2) is 0 Å². The molecule has 0 N–H and O–H groups in total. The van der Waals surface area contributed by atoms with Gasteiger partial charge in [-0.3, -0.25) is 0 Å². The summed E-state index contributed by atoms with van der Waals surface area (Å²) in [4.78, 5) is 2.35. The second-order valence-electron chi connectivity index (χ2n) is 5.09. The third-order valence-corrected chi connectivity index (χ3v) is 3.67. The van der Waals surface area contributed by atoms with Crippen LogP contribution in [0, 0.1) is 11.8 Å². The number of anilines is 1. The summed E-state index contributed by atoms with van der Waals surface area (Å²) in [7, 11) is 0. The van der Waals surface area contributed by atoms with Crippen LogP contribution in [0.3, 0.4) is 0 Å². The number of hydrogen-bond donors (Lipinski definition) is 0. The molecular formula is C21H23N. The van der Waals surface area contributed by atoms with E-state index in [0.717, 1.165) is 18.7 Å². The smallest absolute Gasteiger partial charge is 0.0366 e. The predicted octanol–water partition coefficient (Wildman–Crippen LogP) is 5.07. The van der Waals surface area contributed by atoms with E-state index in [9.17, 15) is 0 Å². The molecule has 2 aromatic rings. The lowest BCUT2D eigenvalue weighted by Gasteiger charge is -2.20. The SMILES string of the molecule is CC#Cc1ccc(/C=C/c2ccc(N(CC)CC)cc2)cc1. The van der Waals surface area contributed by atoms with Gasteiger partial charge in [-0.25, -0.2) is 0 Å². The molecule has 0 saturated carbocycles. The first-order valence-corrected chi connectivity index (χ1v) is 7.82. The predicted molar refractivity (Wildman–Crippen MR) is 97.9 cm³/mol. The van der Waals surface area contributed by atoms with Crippen LogP contribution in [-0.2, 0) is 0 Å². The third-order valence-electron chi connectivity index (χ3n) is 3.67. The lowest BCUT2D eigenvalue weighted by molar-refractivity contribution is 0.866. The fraction of sp³-hybridized carbons (Fsp3) is 0.238. The largest absolute Gasteiger partial charge is 0.372 e. The zero-order valence-corrected chi connectivity index (χ0v) is 13.6. The highest BCUT2D eigenvalue weighted by Crippen LogP contribution is 2.16. The Kier molecular flexibility index (Phi) is 5.86. The summed E-state index contributed by atoms with van der Waals surface area (Å²) in [5.74, 6) is 5.97. The van der Waals surface area contributed by atoms with E-state index in [1.165, 1.54) is 16.8 Å². The molecule has 22 heavy (non-hydrogen) atoms. The van der Waals surface area contributed by atoms with Crippen LogP contribution >= 0.6 is 0 Å². The van der Waals surface area contributed by atoms with Crippen LogP contribution in [0.25, 0.3) is 12.2 Å². The normalized spacial score (nSPS) is 10.3. The molecule has 1 heteroatoms. The van der Waals surface area contributed by atoms with Crippen molar-refractivity contribution in [3.05, 3.63) is 65.2 Å². The average molecular weight is 289 g/mol. The second-order valence-corrected chi connectivity index (χ2v) is 5.09. The quantitative estimate of drug-likeness (QED) is 0.548. The molecule has 2 aromatic carbocycles. The van der Waals surface area contributed by atoms with Gasteiger partial charge < -0.3 is 4.90 Å². The van der Waals surface area contributed by atoms with Crippen LogP contribution in [-0.4, -0.2) is 13.1 Å². The molecular weight excluding hydrogens is 266 g/mol. The van der Waals surface area contributed by atoms with Crippen molar-refractivity contribution in [2.45, 2.75) is 20.8 Å². The minimum Gasteiger partial charge on any atom is -0.372 e. The average Bonchev–Trinajstić information content (AvgIpc) is 2.57. The van der Waals surface area contributed by atoms with E-state index in [1.54, 1.807) is 0 Å². The maximum atomic E-state index is 3.06. The summed E-state index contributed by atoms with van der Waals surface area (Å²) in [6.07, 6.45) is 4.28. The highest BCUT2D eigenvalue weighted by molar-refractivity contribution is 5.70. The highest BCUT2D eigenvalue weighted by atomic mass is 15.1. The molecule has 0 atom stereocenters. The molecule has 0 saturated heterocycles. The molecule has 0 aliphatic rings. The fourth-order valence-corrected chi connectivity index (χ4v) is 2.40. The van der Waals surface area contributed by atoms with E-state index in [1.807, 2.05) is 6.92 Å². The van der Waals surface area contributed by atoms with Crippen molar-refractivity contribution < 1.29 is 0 Å². The molecule has 0 heterocycles. The maximum absolute atomic E-state index is 3.06. The van der Waals surface area contributed by atoms with Crippen molar-refractivity contribution in [3.8, 4) is 11.8 Å². The number of rotatable bonds is 5. The highest BCUT2D eigenvalue weighted by Gasteiger charge is 2.00. The van der Waals surface area contributed by atoms with Crippen LogP contribution < -0.4 is 4.90 Å². The van der Waals surface area contributed by atoms with Gasteiger partial charge in [-0.2, -0.15) is 0 Å². The Labute approximate surface area is 134 Å². The van der Waals surface area contributed by atoms with Crippen LogP contribution in [0.5, 0.6) is 0 Å². The van der Waals surface area contributed by atoms with Gasteiger partial charge in [0.25, 0.3) is 0 Å². The Morgan fingerprint density at radius 3 is 1.77 bits per heavy atom. The number of benzene rings is 2. The summed E-state index contributed by atoms with van der Waals surface area (Å²) < 4.78 is 0. The molecule has 0 radical (unpaired) electrons. The third kappa shape index (κ3) is 4.27. The Morgan fingerprint density at radius 1 is 0.818 bits per heavy atom. The second kappa shape index (κ2) is 8.10. The van der Waals surface area contributed by atoms with Crippen molar-refractivity contribution in [3.63, 3.8) is 0 Å². The molecule has 0 fully saturated rings. The summed E-state index contributed by atoms with van der Waals surface area (Å²) in [6.45, 7) is 8.31. The first-order chi connectivity index (χ1) is 10.8. The van der Waals surface area contributed by atoms with E-state index in [-0.39, 0.29) is 0 Å². The Bertz CT molecular complexity index is 663. The van der Waals surface area contributed by atoms with E-state index >= 15 is 0 Å². The molecule has 0 spiro atoms. The molecule has 112 valence electrons. The first kappa shape index (κ1) is 15.9. The maximum Gasteiger partial charge on any atom is 0.0366 e. The van der Waals surface area contributed by atoms with E-state index < -0.39 is 0 Å². The van der Waals surface area contributed by atoms with Gasteiger partial charge in [-0.1, -0.05) is 42.3 Å². The van der Waals surface area contributed by atoms with E-state index in [2.05, 4.69) is 91.3 Å². The van der Waals surface area contributed by atoms with Crippen LogP contribution in [0.15, 0.2) is 48.5 Å². The summed E-state index contributed by atoms with van der Waals surface area (Å²) in [5.41, 5.74) is 4.75. The van der Waals surface area contributed by atoms with Gasteiger partial charge in [0, 0.05) is 24.3 Å². The van der Waals surface area contributed by atoms with Crippen molar-refractivity contribution in [1.29, 1.82) is 0 Å². The summed E-state index contributed by atoms with van der Waals surface area (Å²) >= 11 is 0. The van der Waals surface area contributed by atoms with Crippen molar-refractivity contribution >= 4 is 17.8 Å². The molecule has 0 aromatic heterocycles. The van der Waals surface area contributed by atoms with Crippen LogP contribution in [0.4, 0.5) is 5.69 Å². The monoisotopic (exact) mass is 289 g/mol. The van der Waals surface area contributed by atoms with E-state index in [0.29, 0.717) is 0 Å². The zero-order valence-electron chi connectivity index (χ0n) is 13.6. The molecule has 1 nitrogen and oxygen atoms in total. The lowest BCUT2D eigenvalue weighted by Crippen LogP contribution is -2.21. The van der Waals surface area contributed by atoms with Gasteiger partial charge >= 0.3 is 0 Å². The molecule has 0 aliphatic carbocycles. The summed E-state index contributed by atoms with van der Waals surface area (Å²) in [6, 6.07) is 17.0. The minimum absolute atomic E-state index is 1.04. The van der Waals surface area contributed by atoms with Crippen molar-refractivity contribution in [1.82, 2.24) is 0 Å². The van der Waals surface area contributed by atoms with Gasteiger partial charge in [0.2, 0.25) is 0 Å². The molecule has 0 amide bonds. The Balaban J connectivity index is 2.07. The van der Waals surface area contributed by atoms with Crippen LogP contribution in [0.2, 0.25) is 0 Å². The minimum atomic E-state index is 1.04. The first-order valence-electron chi connectivity index (χ1n) is 7.82. The standard InChI is InChI=1S/C21H23N/c1-4-7-18-8-10-19(11-9-18)12-13-20-14-16-21(17-15-20)22(5-2)6-3/h8-17H,5-6H2,1-3H3/b13-12+. The van der Waals surface area contributed by atoms with Crippen molar-refractivity contribution in [2.24, 2.45) is 0 Å². The van der Waals surface area contributed by atoms with E-state index in [4.69, 9.17) is 0 Å².